The first kappa shape index (κ1) is 22.3. The van der Waals surface area contributed by atoms with Gasteiger partial charge >= 0.3 is 0 Å². The number of nitrogens with zero attached hydrogens (tertiary/aromatic N) is 2. The highest BCUT2D eigenvalue weighted by atomic mass is 35.5. The van der Waals surface area contributed by atoms with Crippen LogP contribution >= 0.6 is 11.6 Å². The molecule has 1 heterocycles. The van der Waals surface area contributed by atoms with E-state index in [0.29, 0.717) is 33.1 Å². The van der Waals surface area contributed by atoms with Crippen molar-refractivity contribution < 1.29 is 9.53 Å². The summed E-state index contributed by atoms with van der Waals surface area (Å²) in [5, 5.41) is 7.89. The molecule has 0 radical (unpaired) electrons. The van der Waals surface area contributed by atoms with Gasteiger partial charge in [0.15, 0.2) is 0 Å². The largest absolute Gasteiger partial charge is 0.497 e. The van der Waals surface area contributed by atoms with Crippen LogP contribution in [0.4, 0.5) is 5.82 Å². The smallest absolute Gasteiger partial charge is 0.256 e. The van der Waals surface area contributed by atoms with Crippen LogP contribution < -0.4 is 15.5 Å². The second-order valence-electron chi connectivity index (χ2n) is 7.58. The summed E-state index contributed by atoms with van der Waals surface area (Å²) in [6.07, 6.45) is 0. The molecule has 166 valence electrons. The third-order valence-corrected chi connectivity index (χ3v) is 5.47. The monoisotopic (exact) mass is 459 g/mol. The SMILES string of the molecule is COc1ccc(-c2c(NC(=O)c3ccc(C)cc3)n(-c3cccc(Cl)c3)nc(C)c2=O)cc1. The van der Waals surface area contributed by atoms with E-state index in [9.17, 15) is 9.59 Å². The molecule has 0 aliphatic rings. The van der Waals surface area contributed by atoms with Crippen LogP contribution in [0.5, 0.6) is 5.75 Å². The van der Waals surface area contributed by atoms with Crippen LogP contribution in [0.25, 0.3) is 16.8 Å². The summed E-state index contributed by atoms with van der Waals surface area (Å²) in [4.78, 5) is 26.4. The number of methoxy groups -OCH3 is 1. The Kier molecular flexibility index (Phi) is 6.29. The molecule has 0 bridgehead atoms. The molecule has 0 fully saturated rings. The summed E-state index contributed by atoms with van der Waals surface area (Å²) < 4.78 is 6.78. The van der Waals surface area contributed by atoms with Gasteiger partial charge in [-0.2, -0.15) is 5.10 Å². The first-order valence-electron chi connectivity index (χ1n) is 10.3. The molecule has 0 aliphatic heterocycles. The van der Waals surface area contributed by atoms with E-state index in [1.54, 1.807) is 68.6 Å². The highest BCUT2D eigenvalue weighted by molar-refractivity contribution is 6.30. The van der Waals surface area contributed by atoms with Crippen LogP contribution in [-0.4, -0.2) is 22.8 Å². The number of ether oxygens (including phenoxy) is 1. The van der Waals surface area contributed by atoms with Gasteiger partial charge in [-0.25, -0.2) is 4.68 Å². The molecule has 4 aromatic rings. The fourth-order valence-electron chi connectivity index (χ4n) is 3.46. The Hall–Kier alpha value is -3.90. The molecular formula is C26H22ClN3O3. The van der Waals surface area contributed by atoms with E-state index < -0.39 is 0 Å². The van der Waals surface area contributed by atoms with Crippen molar-refractivity contribution in [3.63, 3.8) is 0 Å². The van der Waals surface area contributed by atoms with E-state index in [2.05, 4.69) is 10.4 Å². The molecule has 0 unspecified atom stereocenters. The van der Waals surface area contributed by atoms with Gasteiger partial charge < -0.3 is 10.1 Å². The van der Waals surface area contributed by atoms with Crippen LogP contribution in [-0.2, 0) is 0 Å². The van der Waals surface area contributed by atoms with Gasteiger partial charge in [0, 0.05) is 10.6 Å². The minimum Gasteiger partial charge on any atom is -0.497 e. The zero-order valence-electron chi connectivity index (χ0n) is 18.4. The maximum Gasteiger partial charge on any atom is 0.256 e. The summed E-state index contributed by atoms with van der Waals surface area (Å²) in [6.45, 7) is 3.59. The molecule has 6 nitrogen and oxygen atoms in total. The van der Waals surface area contributed by atoms with Gasteiger partial charge in [0.25, 0.3) is 5.91 Å². The van der Waals surface area contributed by atoms with E-state index in [1.807, 2.05) is 25.1 Å². The summed E-state index contributed by atoms with van der Waals surface area (Å²) in [7, 11) is 1.57. The maximum atomic E-state index is 13.3. The number of benzene rings is 3. The van der Waals surface area contributed by atoms with Gasteiger partial charge in [-0.05, 0) is 61.9 Å². The molecule has 1 aromatic heterocycles. The van der Waals surface area contributed by atoms with Crippen molar-refractivity contribution in [1.29, 1.82) is 0 Å². The third kappa shape index (κ3) is 4.66. The molecule has 1 amide bonds. The van der Waals surface area contributed by atoms with E-state index in [-0.39, 0.29) is 22.8 Å². The molecular weight excluding hydrogens is 438 g/mol. The lowest BCUT2D eigenvalue weighted by molar-refractivity contribution is 0.102. The zero-order chi connectivity index (χ0) is 23.5. The lowest BCUT2D eigenvalue weighted by Gasteiger charge is -2.19. The number of halogens is 1. The number of amides is 1. The lowest BCUT2D eigenvalue weighted by atomic mass is 10.0. The Bertz CT molecular complexity index is 1380. The maximum absolute atomic E-state index is 13.3. The summed E-state index contributed by atoms with van der Waals surface area (Å²) in [5.41, 5.74) is 3.07. The van der Waals surface area contributed by atoms with Crippen molar-refractivity contribution in [2.24, 2.45) is 0 Å². The van der Waals surface area contributed by atoms with Gasteiger partial charge in [0.05, 0.1) is 18.4 Å². The van der Waals surface area contributed by atoms with Crippen LogP contribution in [0.15, 0.2) is 77.6 Å². The average Bonchev–Trinajstić information content (AvgIpc) is 2.82. The highest BCUT2D eigenvalue weighted by Crippen LogP contribution is 2.29. The van der Waals surface area contributed by atoms with E-state index in [0.717, 1.165) is 5.56 Å². The van der Waals surface area contributed by atoms with Crippen molar-refractivity contribution in [3.05, 3.63) is 105 Å². The normalized spacial score (nSPS) is 10.7. The predicted octanol–water partition coefficient (Wildman–Crippen LogP) is 5.43. The number of nitrogens with one attached hydrogen (secondary N) is 1. The van der Waals surface area contributed by atoms with Crippen molar-refractivity contribution in [3.8, 4) is 22.6 Å². The molecule has 0 saturated heterocycles. The van der Waals surface area contributed by atoms with Crippen LogP contribution in [0.3, 0.4) is 0 Å². The quantitative estimate of drug-likeness (QED) is 0.432. The van der Waals surface area contributed by atoms with Gasteiger partial charge in [-0.3, -0.25) is 9.59 Å². The number of hydrogen-bond donors (Lipinski definition) is 1. The fraction of sp³-hybridized carbons (Fsp3) is 0.115. The second kappa shape index (κ2) is 9.30. The van der Waals surface area contributed by atoms with Crippen LogP contribution in [0, 0.1) is 13.8 Å². The third-order valence-electron chi connectivity index (χ3n) is 5.23. The molecule has 33 heavy (non-hydrogen) atoms. The summed E-state index contributed by atoms with van der Waals surface area (Å²) in [6, 6.07) is 21.3. The average molecular weight is 460 g/mol. The summed E-state index contributed by atoms with van der Waals surface area (Å²) in [5.74, 6) is 0.555. The Morgan fingerprint density at radius 3 is 2.33 bits per heavy atom. The second-order valence-corrected chi connectivity index (χ2v) is 8.01. The molecule has 4 rings (SSSR count). The van der Waals surface area contributed by atoms with E-state index in [1.165, 1.54) is 4.68 Å². The molecule has 3 aromatic carbocycles. The van der Waals surface area contributed by atoms with Crippen molar-refractivity contribution in [1.82, 2.24) is 9.78 Å². The minimum absolute atomic E-state index is 0.253. The Morgan fingerprint density at radius 2 is 1.70 bits per heavy atom. The molecule has 7 heteroatoms. The van der Waals surface area contributed by atoms with Crippen LogP contribution in [0.1, 0.15) is 21.6 Å². The van der Waals surface area contributed by atoms with Crippen LogP contribution in [0.2, 0.25) is 5.02 Å². The number of aryl methyl sites for hydroxylation is 2. The molecule has 1 N–H and O–H groups in total. The summed E-state index contributed by atoms with van der Waals surface area (Å²) >= 11 is 6.22. The van der Waals surface area contributed by atoms with Gasteiger partial charge in [0.2, 0.25) is 5.43 Å². The number of aromatic nitrogens is 2. The van der Waals surface area contributed by atoms with E-state index >= 15 is 0 Å². The Balaban J connectivity index is 1.94. The standard InChI is InChI=1S/C26H22ClN3O3/c1-16-7-9-19(10-8-16)26(32)28-25-23(18-11-13-22(33-3)14-12-18)24(31)17(2)29-30(25)21-6-4-5-20(27)15-21/h4-15H,1-3H3,(H,28,32). The predicted molar refractivity (Wildman–Crippen MR) is 131 cm³/mol. The van der Waals surface area contributed by atoms with Crippen molar-refractivity contribution >= 4 is 23.3 Å². The number of carbonyl (C=O) groups is 1. The lowest BCUT2D eigenvalue weighted by Crippen LogP contribution is -2.25. The van der Waals surface area contributed by atoms with Crippen molar-refractivity contribution in [2.45, 2.75) is 13.8 Å². The topological polar surface area (TPSA) is 73.2 Å². The molecule has 0 saturated carbocycles. The van der Waals surface area contributed by atoms with Crippen molar-refractivity contribution in [2.75, 3.05) is 12.4 Å². The Labute approximate surface area is 196 Å². The Morgan fingerprint density at radius 1 is 1.00 bits per heavy atom. The molecule has 0 aliphatic carbocycles. The number of carbonyl (C=O) groups excluding carboxylic acids is 1. The fourth-order valence-corrected chi connectivity index (χ4v) is 3.64. The molecule has 0 spiro atoms. The van der Waals surface area contributed by atoms with Gasteiger partial charge in [-0.15, -0.1) is 0 Å². The van der Waals surface area contributed by atoms with Gasteiger partial charge in [-0.1, -0.05) is 47.5 Å². The zero-order valence-corrected chi connectivity index (χ0v) is 19.2. The first-order valence-corrected chi connectivity index (χ1v) is 10.7. The number of hydrogen-bond acceptors (Lipinski definition) is 4. The minimum atomic E-state index is -0.356. The number of rotatable bonds is 5. The molecule has 0 atom stereocenters. The first-order chi connectivity index (χ1) is 15.9. The highest BCUT2D eigenvalue weighted by Gasteiger charge is 2.21. The van der Waals surface area contributed by atoms with E-state index in [4.69, 9.17) is 16.3 Å². The number of anilines is 1. The van der Waals surface area contributed by atoms with Gasteiger partial charge in [0.1, 0.15) is 17.3 Å².